The van der Waals surface area contributed by atoms with Crippen LogP contribution in [0.5, 0.6) is 0 Å². The third-order valence-corrected chi connectivity index (χ3v) is 2.11. The summed E-state index contributed by atoms with van der Waals surface area (Å²) in [6.07, 6.45) is 1.65. The Balaban J connectivity index is 3.00. The quantitative estimate of drug-likeness (QED) is 0.551. The second-order valence-electron chi connectivity index (χ2n) is 2.10. The van der Waals surface area contributed by atoms with Crippen molar-refractivity contribution in [2.24, 2.45) is 5.73 Å². The molecule has 0 aliphatic rings. The van der Waals surface area contributed by atoms with E-state index in [1.165, 1.54) is 16.3 Å². The van der Waals surface area contributed by atoms with Gasteiger partial charge in [-0.05, 0) is 12.1 Å². The number of hydrogen-bond acceptors (Lipinski definition) is 2. The molecule has 0 aliphatic carbocycles. The molecule has 0 aromatic carbocycles. The van der Waals surface area contributed by atoms with Gasteiger partial charge < -0.3 is 0 Å². The molecule has 1 heterocycles. The molecule has 0 atom stereocenters. The van der Waals surface area contributed by atoms with Gasteiger partial charge in [0.15, 0.2) is 5.03 Å². The first kappa shape index (κ1) is 9.06. The number of nitrogens with two attached hydrogens (primary N) is 1. The number of hydrogen-bond donors (Lipinski definition) is 1. The Bertz CT molecular complexity index is 288. The lowest BCUT2D eigenvalue weighted by molar-refractivity contribution is -0.610. The van der Waals surface area contributed by atoms with Gasteiger partial charge in [0.1, 0.15) is 6.20 Å². The summed E-state index contributed by atoms with van der Waals surface area (Å²) in [4.78, 5) is 10.9. The SMILES string of the molecule is C[CH]Sc1cccc[n+]1C(N)=O. The van der Waals surface area contributed by atoms with Gasteiger partial charge in [-0.15, -0.1) is 0 Å². The van der Waals surface area contributed by atoms with Gasteiger partial charge in [-0.3, -0.25) is 5.73 Å². The van der Waals surface area contributed by atoms with Crippen LogP contribution < -0.4 is 10.3 Å². The zero-order valence-corrected chi connectivity index (χ0v) is 7.54. The molecule has 1 amide bonds. The number of aromatic nitrogens is 1. The minimum atomic E-state index is -0.458. The van der Waals surface area contributed by atoms with Gasteiger partial charge >= 0.3 is 6.03 Å². The van der Waals surface area contributed by atoms with E-state index in [-0.39, 0.29) is 0 Å². The van der Waals surface area contributed by atoms with Crippen molar-refractivity contribution in [2.75, 3.05) is 0 Å². The van der Waals surface area contributed by atoms with Crippen LogP contribution in [0.1, 0.15) is 6.92 Å². The highest BCUT2D eigenvalue weighted by Crippen LogP contribution is 2.14. The first-order valence-electron chi connectivity index (χ1n) is 3.50. The first-order valence-corrected chi connectivity index (χ1v) is 4.38. The lowest BCUT2D eigenvalue weighted by Crippen LogP contribution is -2.48. The minimum absolute atomic E-state index is 0.458. The lowest BCUT2D eigenvalue weighted by atomic mass is 10.5. The fraction of sp³-hybridized carbons (Fsp3) is 0.125. The Morgan fingerprint density at radius 2 is 2.42 bits per heavy atom. The molecule has 1 aromatic rings. The Labute approximate surface area is 75.6 Å². The van der Waals surface area contributed by atoms with E-state index in [0.717, 1.165) is 5.03 Å². The molecule has 4 heteroatoms. The van der Waals surface area contributed by atoms with Crippen LogP contribution in [0.3, 0.4) is 0 Å². The van der Waals surface area contributed by atoms with Crippen molar-refractivity contribution >= 4 is 17.8 Å². The maximum absolute atomic E-state index is 10.9. The summed E-state index contributed by atoms with van der Waals surface area (Å²) in [5.74, 6) is 1.90. The summed E-state index contributed by atoms with van der Waals surface area (Å²) in [7, 11) is 0. The minimum Gasteiger partial charge on any atom is -0.250 e. The van der Waals surface area contributed by atoms with Crippen LogP contribution >= 0.6 is 11.8 Å². The standard InChI is InChI=1S/C8H9N2OS/c1-2-12-7-5-3-4-6-10(7)8(9)11/h2-6H,1H3,(H-,9,11)/p+1. The summed E-state index contributed by atoms with van der Waals surface area (Å²) >= 11 is 1.47. The van der Waals surface area contributed by atoms with Gasteiger partial charge in [0.25, 0.3) is 0 Å². The highest BCUT2D eigenvalue weighted by molar-refractivity contribution is 8.01. The van der Waals surface area contributed by atoms with Gasteiger partial charge in [-0.25, -0.2) is 0 Å². The first-order chi connectivity index (χ1) is 5.75. The normalized spacial score (nSPS) is 9.75. The van der Waals surface area contributed by atoms with Gasteiger partial charge in [0.05, 0.1) is 0 Å². The molecule has 0 bridgehead atoms. The molecule has 0 fully saturated rings. The summed E-state index contributed by atoms with van der Waals surface area (Å²) in [6, 6.07) is 5.02. The molecular formula is C8H10N2OS+. The smallest absolute Gasteiger partial charge is 0.250 e. The van der Waals surface area contributed by atoms with E-state index in [9.17, 15) is 4.79 Å². The lowest BCUT2D eigenvalue weighted by Gasteiger charge is -1.99. The molecule has 0 aliphatic heterocycles. The molecule has 0 saturated carbocycles. The number of rotatable bonds is 2. The second-order valence-corrected chi connectivity index (χ2v) is 3.23. The number of primary amides is 1. The maximum Gasteiger partial charge on any atom is 0.494 e. The summed E-state index contributed by atoms with van der Waals surface area (Å²) in [6.45, 7) is 1.91. The van der Waals surface area contributed by atoms with Crippen molar-refractivity contribution in [3.63, 3.8) is 0 Å². The fourth-order valence-corrected chi connectivity index (χ4v) is 1.49. The molecule has 0 spiro atoms. The molecule has 3 nitrogen and oxygen atoms in total. The predicted octanol–water partition coefficient (Wildman–Crippen LogP) is 1.17. The molecule has 0 unspecified atom stereocenters. The van der Waals surface area contributed by atoms with Crippen molar-refractivity contribution in [2.45, 2.75) is 11.9 Å². The maximum atomic E-state index is 10.9. The number of thioether (sulfide) groups is 1. The van der Waals surface area contributed by atoms with Gasteiger partial charge in [-0.2, -0.15) is 9.36 Å². The second kappa shape index (κ2) is 4.11. The number of carbonyl (C=O) groups excluding carboxylic acids is 1. The highest BCUT2D eigenvalue weighted by Gasteiger charge is 2.10. The summed E-state index contributed by atoms with van der Waals surface area (Å²) in [5.41, 5.74) is 5.14. The third kappa shape index (κ3) is 1.98. The zero-order valence-electron chi connectivity index (χ0n) is 6.73. The average molecular weight is 182 g/mol. The number of carbonyl (C=O) groups is 1. The molecule has 12 heavy (non-hydrogen) atoms. The Hall–Kier alpha value is -1.03. The van der Waals surface area contributed by atoms with Crippen LogP contribution in [-0.4, -0.2) is 6.03 Å². The summed E-state index contributed by atoms with van der Waals surface area (Å²) < 4.78 is 1.41. The van der Waals surface area contributed by atoms with E-state index in [4.69, 9.17) is 5.73 Å². The molecule has 1 aromatic heterocycles. The molecular weight excluding hydrogens is 172 g/mol. The van der Waals surface area contributed by atoms with Crippen molar-refractivity contribution in [1.82, 2.24) is 0 Å². The molecule has 63 valence electrons. The topological polar surface area (TPSA) is 47.0 Å². The zero-order chi connectivity index (χ0) is 8.97. The Kier molecular flexibility index (Phi) is 3.10. The van der Waals surface area contributed by atoms with Crippen LogP contribution in [0.2, 0.25) is 0 Å². The van der Waals surface area contributed by atoms with E-state index in [1.807, 2.05) is 24.8 Å². The van der Waals surface area contributed by atoms with E-state index in [2.05, 4.69) is 0 Å². The van der Waals surface area contributed by atoms with E-state index < -0.39 is 6.03 Å². The number of nitrogens with zero attached hydrogens (tertiary/aromatic N) is 1. The van der Waals surface area contributed by atoms with E-state index in [1.54, 1.807) is 12.3 Å². The molecule has 2 N–H and O–H groups in total. The van der Waals surface area contributed by atoms with Crippen molar-refractivity contribution in [3.8, 4) is 0 Å². The average Bonchev–Trinajstić information content (AvgIpc) is 2.05. The molecule has 1 rings (SSSR count). The molecule has 0 saturated heterocycles. The third-order valence-electron chi connectivity index (χ3n) is 1.30. The van der Waals surface area contributed by atoms with Crippen molar-refractivity contribution < 1.29 is 9.36 Å². The van der Waals surface area contributed by atoms with E-state index >= 15 is 0 Å². The monoisotopic (exact) mass is 182 g/mol. The van der Waals surface area contributed by atoms with Crippen molar-refractivity contribution in [1.29, 1.82) is 0 Å². The van der Waals surface area contributed by atoms with Gasteiger partial charge in [0.2, 0.25) is 0 Å². The van der Waals surface area contributed by atoms with Crippen LogP contribution in [0.15, 0.2) is 29.4 Å². The largest absolute Gasteiger partial charge is 0.494 e. The predicted molar refractivity (Wildman–Crippen MR) is 47.4 cm³/mol. The van der Waals surface area contributed by atoms with Crippen LogP contribution in [0, 0.1) is 5.75 Å². The van der Waals surface area contributed by atoms with Crippen LogP contribution in [0.25, 0.3) is 0 Å². The highest BCUT2D eigenvalue weighted by atomic mass is 32.2. The van der Waals surface area contributed by atoms with Crippen LogP contribution in [0.4, 0.5) is 4.79 Å². The van der Waals surface area contributed by atoms with Crippen LogP contribution in [-0.2, 0) is 0 Å². The van der Waals surface area contributed by atoms with E-state index in [0.29, 0.717) is 0 Å². The van der Waals surface area contributed by atoms with Gasteiger partial charge in [0, 0.05) is 5.75 Å². The Morgan fingerprint density at radius 3 is 3.00 bits per heavy atom. The van der Waals surface area contributed by atoms with Gasteiger partial charge in [-0.1, -0.05) is 24.8 Å². The number of pyridine rings is 1. The fourth-order valence-electron chi connectivity index (χ4n) is 0.826. The Morgan fingerprint density at radius 1 is 1.67 bits per heavy atom. The van der Waals surface area contributed by atoms with Crippen molar-refractivity contribution in [3.05, 3.63) is 30.1 Å². The number of amides is 1. The molecule has 1 radical (unpaired) electrons. The summed E-state index contributed by atoms with van der Waals surface area (Å²) in [5, 5.41) is 0.826.